The zero-order valence-corrected chi connectivity index (χ0v) is 17.5. The van der Waals surface area contributed by atoms with Gasteiger partial charge in [-0.05, 0) is 51.3 Å². The van der Waals surface area contributed by atoms with Crippen molar-refractivity contribution in [2.75, 3.05) is 6.54 Å². The van der Waals surface area contributed by atoms with Gasteiger partial charge in [0.15, 0.2) is 0 Å². The molecule has 1 atom stereocenters. The average Bonchev–Trinajstić information content (AvgIpc) is 3.17. The van der Waals surface area contributed by atoms with E-state index in [4.69, 9.17) is 9.72 Å². The molecule has 1 amide bonds. The molecule has 144 valence electrons. The lowest BCUT2D eigenvalue weighted by Gasteiger charge is -2.27. The summed E-state index contributed by atoms with van der Waals surface area (Å²) < 4.78 is 6.66. The Morgan fingerprint density at radius 2 is 2.15 bits per heavy atom. The Morgan fingerprint density at radius 3 is 2.93 bits per heavy atom. The lowest BCUT2D eigenvalue weighted by atomic mass is 10.0. The van der Waals surface area contributed by atoms with Crippen LogP contribution in [0.1, 0.15) is 56.7 Å². The van der Waals surface area contributed by atoms with E-state index in [1.165, 1.54) is 5.56 Å². The first-order valence-corrected chi connectivity index (χ1v) is 10.2. The van der Waals surface area contributed by atoms with Crippen LogP contribution < -0.4 is 5.32 Å². The number of halogens is 1. The van der Waals surface area contributed by atoms with Gasteiger partial charge in [-0.3, -0.25) is 4.90 Å². The van der Waals surface area contributed by atoms with Gasteiger partial charge in [0.2, 0.25) is 0 Å². The monoisotopic (exact) mass is 432 g/mol. The summed E-state index contributed by atoms with van der Waals surface area (Å²) in [6, 6.07) is 6.22. The minimum absolute atomic E-state index is 0.0642. The summed E-state index contributed by atoms with van der Waals surface area (Å²) in [5.41, 5.74) is 3.91. The maximum Gasteiger partial charge on any atom is 0.410 e. The van der Waals surface area contributed by atoms with Crippen LogP contribution in [0.25, 0.3) is 11.3 Å². The number of nitrogens with zero attached hydrogens (tertiary/aromatic N) is 2. The average molecular weight is 433 g/mol. The Balaban J connectivity index is 1.66. The summed E-state index contributed by atoms with van der Waals surface area (Å²) >= 11 is 3.55. The molecule has 0 bridgehead atoms. The predicted molar refractivity (Wildman–Crippen MR) is 107 cm³/mol. The summed E-state index contributed by atoms with van der Waals surface area (Å²) in [6.07, 6.45) is 1.59. The van der Waals surface area contributed by atoms with Gasteiger partial charge in [0.1, 0.15) is 11.4 Å². The number of hydrogen-bond acceptors (Lipinski definition) is 4. The molecule has 4 rings (SSSR count). The molecule has 0 unspecified atom stereocenters. The van der Waals surface area contributed by atoms with Crippen LogP contribution in [0, 0.1) is 0 Å². The number of hydrogen-bond donors (Lipinski definition) is 2. The number of amides is 1. The van der Waals surface area contributed by atoms with Crippen LogP contribution in [0.2, 0.25) is 0 Å². The number of H-pyrrole nitrogens is 1. The topological polar surface area (TPSA) is 70.2 Å². The highest BCUT2D eigenvalue weighted by atomic mass is 79.9. The maximum atomic E-state index is 12.6. The first-order chi connectivity index (χ1) is 12.8. The van der Waals surface area contributed by atoms with Crippen molar-refractivity contribution in [2.45, 2.75) is 58.3 Å². The summed E-state index contributed by atoms with van der Waals surface area (Å²) in [4.78, 5) is 22.8. The van der Waals surface area contributed by atoms with Crippen molar-refractivity contribution in [2.24, 2.45) is 0 Å². The van der Waals surface area contributed by atoms with Crippen LogP contribution in [-0.2, 0) is 17.8 Å². The van der Waals surface area contributed by atoms with Gasteiger partial charge in [-0.25, -0.2) is 9.78 Å². The van der Waals surface area contributed by atoms with Gasteiger partial charge in [0.05, 0.1) is 17.4 Å². The Labute approximate surface area is 167 Å². The Morgan fingerprint density at radius 1 is 1.33 bits per heavy atom. The number of aromatic nitrogens is 2. The van der Waals surface area contributed by atoms with Gasteiger partial charge in [-0.2, -0.15) is 0 Å². The van der Waals surface area contributed by atoms with Crippen LogP contribution in [0.4, 0.5) is 4.79 Å². The van der Waals surface area contributed by atoms with Crippen LogP contribution in [0.15, 0.2) is 22.7 Å². The second-order valence-electron chi connectivity index (χ2n) is 8.19. The number of benzene rings is 1. The van der Waals surface area contributed by atoms with E-state index in [-0.39, 0.29) is 12.1 Å². The summed E-state index contributed by atoms with van der Waals surface area (Å²) in [7, 11) is 0. The molecule has 1 saturated heterocycles. The van der Waals surface area contributed by atoms with E-state index < -0.39 is 5.60 Å². The zero-order chi connectivity index (χ0) is 19.2. The molecular formula is C20H25BrN4O2. The Hall–Kier alpha value is -1.86. The van der Waals surface area contributed by atoms with E-state index in [9.17, 15) is 4.79 Å². The number of aromatic amines is 1. The van der Waals surface area contributed by atoms with Crippen molar-refractivity contribution in [1.82, 2.24) is 20.2 Å². The van der Waals surface area contributed by atoms with Crippen LogP contribution in [-0.4, -0.2) is 33.1 Å². The van der Waals surface area contributed by atoms with Gasteiger partial charge >= 0.3 is 6.09 Å². The molecule has 2 aliphatic heterocycles. The number of rotatable bonds is 1. The molecule has 2 N–H and O–H groups in total. The van der Waals surface area contributed by atoms with Gasteiger partial charge in [-0.1, -0.05) is 22.0 Å². The molecule has 7 heteroatoms. The van der Waals surface area contributed by atoms with Crippen molar-refractivity contribution >= 4 is 22.0 Å². The number of carbonyl (C=O) groups excluding carboxylic acids is 1. The van der Waals surface area contributed by atoms with E-state index in [1.54, 1.807) is 4.90 Å². The fourth-order valence-corrected chi connectivity index (χ4v) is 4.20. The molecule has 1 aromatic heterocycles. The number of ether oxygens (including phenoxy) is 1. The fourth-order valence-electron chi connectivity index (χ4n) is 3.79. The van der Waals surface area contributed by atoms with Crippen LogP contribution in [0.5, 0.6) is 0 Å². The minimum atomic E-state index is -0.499. The van der Waals surface area contributed by atoms with Crippen molar-refractivity contribution in [3.05, 3.63) is 39.8 Å². The summed E-state index contributed by atoms with van der Waals surface area (Å²) in [5, 5.41) is 3.46. The molecule has 6 nitrogen and oxygen atoms in total. The first kappa shape index (κ1) is 18.5. The van der Waals surface area contributed by atoms with E-state index in [1.807, 2.05) is 26.8 Å². The summed E-state index contributed by atoms with van der Waals surface area (Å²) in [6.45, 7) is 7.92. The molecule has 0 radical (unpaired) electrons. The largest absolute Gasteiger partial charge is 0.444 e. The van der Waals surface area contributed by atoms with Gasteiger partial charge in [-0.15, -0.1) is 0 Å². The lowest BCUT2D eigenvalue weighted by Crippen LogP contribution is -2.36. The first-order valence-electron chi connectivity index (χ1n) is 9.40. The third kappa shape index (κ3) is 3.75. The molecule has 1 fully saturated rings. The number of likely N-dealkylation sites (tertiary alicyclic amines) is 1. The minimum Gasteiger partial charge on any atom is -0.444 e. The molecule has 2 aromatic rings. The molecule has 0 saturated carbocycles. The number of carbonyl (C=O) groups is 1. The van der Waals surface area contributed by atoms with Crippen molar-refractivity contribution in [3.63, 3.8) is 0 Å². The van der Waals surface area contributed by atoms with E-state index >= 15 is 0 Å². The number of fused-ring (bicyclic) bond motifs is 3. The smallest absolute Gasteiger partial charge is 0.410 e. The molecule has 1 aromatic carbocycles. The highest BCUT2D eigenvalue weighted by molar-refractivity contribution is 9.10. The third-order valence-corrected chi connectivity index (χ3v) is 5.43. The van der Waals surface area contributed by atoms with E-state index in [0.29, 0.717) is 6.54 Å². The molecule has 27 heavy (non-hydrogen) atoms. The standard InChI is InChI=1S/C20H25BrN4O2/c1-20(2,3)27-19(26)25-8-4-5-16(25)18-23-15-11-22-10-12-9-13(21)6-7-14(12)17(15)24-18/h6-7,9,16,22H,4-5,8,10-11H2,1-3H3,(H,23,24)/t16-/m0/s1. The molecule has 2 aliphatic rings. The zero-order valence-electron chi connectivity index (χ0n) is 15.9. The predicted octanol–water partition coefficient (Wildman–Crippen LogP) is 4.51. The highest BCUT2D eigenvalue weighted by Crippen LogP contribution is 2.36. The second kappa shape index (κ2) is 6.95. The molecule has 3 heterocycles. The fraction of sp³-hybridized carbons (Fsp3) is 0.500. The highest BCUT2D eigenvalue weighted by Gasteiger charge is 2.35. The van der Waals surface area contributed by atoms with Crippen LogP contribution >= 0.6 is 15.9 Å². The quantitative estimate of drug-likeness (QED) is 0.694. The van der Waals surface area contributed by atoms with Gasteiger partial charge in [0.25, 0.3) is 0 Å². The molecule has 0 aliphatic carbocycles. The van der Waals surface area contributed by atoms with E-state index in [2.05, 4.69) is 38.4 Å². The molecular weight excluding hydrogens is 408 g/mol. The SMILES string of the molecule is CC(C)(C)OC(=O)N1CCC[C@H]1c1nc2c([nH]1)CNCc1cc(Br)ccc1-2. The van der Waals surface area contributed by atoms with Crippen molar-refractivity contribution < 1.29 is 9.53 Å². The molecule has 0 spiro atoms. The van der Waals surface area contributed by atoms with Crippen LogP contribution in [0.3, 0.4) is 0 Å². The Bertz CT molecular complexity index is 871. The van der Waals surface area contributed by atoms with Crippen molar-refractivity contribution in [3.8, 4) is 11.3 Å². The third-order valence-electron chi connectivity index (χ3n) is 4.93. The maximum absolute atomic E-state index is 12.6. The van der Waals surface area contributed by atoms with Gasteiger partial charge < -0.3 is 15.0 Å². The second-order valence-corrected chi connectivity index (χ2v) is 9.10. The number of imidazole rings is 1. The normalized spacial score (nSPS) is 19.4. The van der Waals surface area contributed by atoms with Crippen molar-refractivity contribution in [1.29, 1.82) is 0 Å². The van der Waals surface area contributed by atoms with Gasteiger partial charge in [0, 0.05) is 29.7 Å². The Kier molecular flexibility index (Phi) is 4.76. The number of nitrogens with one attached hydrogen (secondary N) is 2. The summed E-state index contributed by atoms with van der Waals surface area (Å²) in [5.74, 6) is 0.848. The van der Waals surface area contributed by atoms with E-state index in [0.717, 1.165) is 53.2 Å². The lowest BCUT2D eigenvalue weighted by molar-refractivity contribution is 0.0218.